The Hall–Kier alpha value is -6.62. The summed E-state index contributed by atoms with van der Waals surface area (Å²) in [4.78, 5) is 0. The lowest BCUT2D eigenvalue weighted by Crippen LogP contribution is -2.18. The van der Waals surface area contributed by atoms with E-state index < -0.39 is 0 Å². The van der Waals surface area contributed by atoms with E-state index in [1.54, 1.807) is 0 Å². The van der Waals surface area contributed by atoms with Crippen molar-refractivity contribution in [1.29, 1.82) is 10.5 Å². The van der Waals surface area contributed by atoms with Gasteiger partial charge in [0.15, 0.2) is 0 Å². The van der Waals surface area contributed by atoms with E-state index in [9.17, 15) is 10.5 Å². The number of hydrogen-bond donors (Lipinski definition) is 0. The molecule has 2 unspecified atom stereocenters. The Morgan fingerprint density at radius 1 is 0.542 bits per heavy atom. The Kier molecular flexibility index (Phi) is 6.35. The van der Waals surface area contributed by atoms with E-state index in [4.69, 9.17) is 0 Å². The number of nitrogens with zero attached hydrogens (tertiary/aromatic N) is 4. The van der Waals surface area contributed by atoms with Crippen molar-refractivity contribution in [1.82, 2.24) is 9.13 Å². The zero-order chi connectivity index (χ0) is 32.2. The monoisotopic (exact) mass is 612 g/mol. The third-order valence-corrected chi connectivity index (χ3v) is 9.78. The van der Waals surface area contributed by atoms with Crippen molar-refractivity contribution in [3.63, 3.8) is 0 Å². The topological polar surface area (TPSA) is 57.4 Å². The summed E-state index contributed by atoms with van der Waals surface area (Å²) in [5.41, 5.74) is 10.2. The summed E-state index contributed by atoms with van der Waals surface area (Å²) < 4.78 is 4.68. The highest BCUT2D eigenvalue weighted by atomic mass is 15.0. The molecular formula is C44H28N4. The van der Waals surface area contributed by atoms with Gasteiger partial charge >= 0.3 is 0 Å². The second-order valence-electron chi connectivity index (χ2n) is 12.3. The zero-order valence-electron chi connectivity index (χ0n) is 26.0. The summed E-state index contributed by atoms with van der Waals surface area (Å²) in [5.74, 6) is -0.0207. The molecule has 8 aromatic rings. The number of rotatable bonds is 4. The molecule has 6 aromatic carbocycles. The van der Waals surface area contributed by atoms with Crippen LogP contribution in [0.5, 0.6) is 0 Å². The number of fused-ring (bicyclic) bond motifs is 6. The lowest BCUT2D eigenvalue weighted by molar-refractivity contribution is 0.574. The molecule has 1 aliphatic rings. The van der Waals surface area contributed by atoms with Crippen molar-refractivity contribution in [2.24, 2.45) is 0 Å². The number of aromatic nitrogens is 2. The van der Waals surface area contributed by atoms with E-state index in [2.05, 4.69) is 161 Å². The molecule has 0 radical (unpaired) electrons. The van der Waals surface area contributed by atoms with Gasteiger partial charge in [-0.15, -0.1) is 0 Å². The quantitative estimate of drug-likeness (QED) is 0.199. The first-order valence-electron chi connectivity index (χ1n) is 16.1. The van der Waals surface area contributed by atoms with E-state index in [1.165, 1.54) is 16.3 Å². The van der Waals surface area contributed by atoms with Crippen LogP contribution in [0.25, 0.3) is 60.4 Å². The summed E-state index contributed by atoms with van der Waals surface area (Å²) >= 11 is 0. The Morgan fingerprint density at radius 3 is 1.92 bits per heavy atom. The van der Waals surface area contributed by atoms with Gasteiger partial charge < -0.3 is 9.13 Å². The fourth-order valence-electron chi connectivity index (χ4n) is 7.72. The van der Waals surface area contributed by atoms with E-state index in [1.807, 2.05) is 18.2 Å². The molecule has 2 heterocycles. The normalized spacial score (nSPS) is 15.9. The first-order valence-corrected chi connectivity index (χ1v) is 16.1. The molecule has 9 rings (SSSR count). The van der Waals surface area contributed by atoms with Gasteiger partial charge in [-0.2, -0.15) is 10.5 Å². The van der Waals surface area contributed by atoms with Crippen molar-refractivity contribution >= 4 is 43.6 Å². The third kappa shape index (κ3) is 4.21. The smallest absolute Gasteiger partial charge is 0.0992 e. The molecule has 2 atom stereocenters. The predicted molar refractivity (Wildman–Crippen MR) is 195 cm³/mol. The van der Waals surface area contributed by atoms with Gasteiger partial charge in [-0.05, 0) is 71.3 Å². The highest BCUT2D eigenvalue weighted by Gasteiger charge is 2.29. The van der Waals surface area contributed by atoms with Gasteiger partial charge in [-0.25, -0.2) is 0 Å². The summed E-state index contributed by atoms with van der Waals surface area (Å²) in [6, 6.07) is 53.4. The highest BCUT2D eigenvalue weighted by molar-refractivity contribution is 6.10. The van der Waals surface area contributed by atoms with Gasteiger partial charge in [0.1, 0.15) is 0 Å². The molecule has 0 aliphatic heterocycles. The predicted octanol–water partition coefficient (Wildman–Crippen LogP) is 10.8. The molecule has 0 fully saturated rings. The standard InChI is InChI=1S/C44H28N4/c45-27-29-21-23-39-37-16-3-6-17-40(37)47(43(39)24-29)32-11-9-10-31(26-32)33-12-1-2-13-34(33)38-22-20-30(28-46)25-44(38)48-41-18-7-4-14-35(41)36-15-5-8-19-42(36)48/h1-26,38,44H. The van der Waals surface area contributed by atoms with Crippen LogP contribution in [-0.4, -0.2) is 9.13 Å². The van der Waals surface area contributed by atoms with Crippen LogP contribution in [-0.2, 0) is 0 Å². The average Bonchev–Trinajstić information content (AvgIpc) is 3.67. The van der Waals surface area contributed by atoms with Crippen LogP contribution in [0.4, 0.5) is 0 Å². The SMILES string of the molecule is N#CC1=CC(n2c3ccccc3c3ccccc32)C(c2ccccc2-c2cccc(-n3c4ccccc4c4ccc(C#N)cc43)c2)C=C1. The zero-order valence-corrected chi connectivity index (χ0v) is 26.0. The van der Waals surface area contributed by atoms with E-state index in [0.29, 0.717) is 11.1 Å². The Labute approximate surface area is 277 Å². The number of para-hydroxylation sites is 3. The van der Waals surface area contributed by atoms with Crippen molar-refractivity contribution in [3.8, 4) is 29.0 Å². The van der Waals surface area contributed by atoms with Crippen LogP contribution in [0, 0.1) is 22.7 Å². The molecular weight excluding hydrogens is 585 g/mol. The molecule has 0 amide bonds. The van der Waals surface area contributed by atoms with Gasteiger partial charge in [0, 0.05) is 49.8 Å². The molecule has 2 aromatic heterocycles. The minimum absolute atomic E-state index is 0.0207. The Bertz CT molecular complexity index is 2670. The highest BCUT2D eigenvalue weighted by Crippen LogP contribution is 2.44. The van der Waals surface area contributed by atoms with Gasteiger partial charge in [-0.3, -0.25) is 0 Å². The van der Waals surface area contributed by atoms with Gasteiger partial charge in [0.25, 0.3) is 0 Å². The number of allylic oxidation sites excluding steroid dienone is 4. The fraction of sp³-hybridized carbons (Fsp3) is 0.0455. The summed E-state index contributed by atoms with van der Waals surface area (Å²) in [6.45, 7) is 0. The van der Waals surface area contributed by atoms with Crippen molar-refractivity contribution in [2.75, 3.05) is 0 Å². The summed E-state index contributed by atoms with van der Waals surface area (Å²) in [7, 11) is 0. The van der Waals surface area contributed by atoms with E-state index >= 15 is 0 Å². The van der Waals surface area contributed by atoms with Crippen molar-refractivity contribution in [2.45, 2.75) is 12.0 Å². The second-order valence-corrected chi connectivity index (χ2v) is 12.3. The molecule has 0 saturated carbocycles. The van der Waals surface area contributed by atoms with Crippen LogP contribution in [0.15, 0.2) is 163 Å². The minimum atomic E-state index is -0.111. The van der Waals surface area contributed by atoms with Crippen LogP contribution in [0.1, 0.15) is 23.1 Å². The summed E-state index contributed by atoms with van der Waals surface area (Å²) in [5, 5.41) is 24.5. The van der Waals surface area contributed by atoms with Gasteiger partial charge in [0.2, 0.25) is 0 Å². The first kappa shape index (κ1) is 27.7. The van der Waals surface area contributed by atoms with Gasteiger partial charge in [0.05, 0.1) is 34.8 Å². The molecule has 0 bridgehead atoms. The number of hydrogen-bond acceptors (Lipinski definition) is 2. The van der Waals surface area contributed by atoms with Crippen molar-refractivity contribution in [3.05, 3.63) is 174 Å². The second kappa shape index (κ2) is 11.0. The number of benzene rings is 6. The maximum atomic E-state index is 10.0. The molecule has 4 heteroatoms. The van der Waals surface area contributed by atoms with Gasteiger partial charge in [-0.1, -0.05) is 103 Å². The summed E-state index contributed by atoms with van der Waals surface area (Å²) in [6.07, 6.45) is 6.29. The van der Waals surface area contributed by atoms with Crippen LogP contribution >= 0.6 is 0 Å². The number of nitriles is 2. The van der Waals surface area contributed by atoms with Crippen molar-refractivity contribution < 1.29 is 0 Å². The van der Waals surface area contributed by atoms with Crippen LogP contribution in [0.3, 0.4) is 0 Å². The first-order chi connectivity index (χ1) is 23.7. The largest absolute Gasteiger partial charge is 0.332 e. The molecule has 4 nitrogen and oxygen atoms in total. The molecule has 0 N–H and O–H groups in total. The van der Waals surface area contributed by atoms with Crippen LogP contribution < -0.4 is 0 Å². The minimum Gasteiger partial charge on any atom is -0.332 e. The maximum Gasteiger partial charge on any atom is 0.0992 e. The fourth-order valence-corrected chi connectivity index (χ4v) is 7.72. The lowest BCUT2D eigenvalue weighted by atomic mass is 9.82. The molecule has 48 heavy (non-hydrogen) atoms. The molecule has 0 spiro atoms. The Balaban J connectivity index is 1.23. The molecule has 224 valence electrons. The maximum absolute atomic E-state index is 10.0. The lowest BCUT2D eigenvalue weighted by Gasteiger charge is -2.30. The molecule has 1 aliphatic carbocycles. The third-order valence-electron chi connectivity index (χ3n) is 9.78. The van der Waals surface area contributed by atoms with E-state index in [0.717, 1.165) is 49.7 Å². The van der Waals surface area contributed by atoms with E-state index in [-0.39, 0.29) is 12.0 Å². The Morgan fingerprint density at radius 2 is 1.19 bits per heavy atom. The average molecular weight is 613 g/mol. The van der Waals surface area contributed by atoms with Crippen LogP contribution in [0.2, 0.25) is 0 Å². The molecule has 0 saturated heterocycles.